The maximum absolute atomic E-state index is 13.3. The van der Waals surface area contributed by atoms with Crippen LogP contribution in [-0.2, 0) is 14.3 Å². The Morgan fingerprint density at radius 1 is 1.09 bits per heavy atom. The summed E-state index contributed by atoms with van der Waals surface area (Å²) < 4.78 is 10.2. The zero-order valence-corrected chi connectivity index (χ0v) is 19.7. The van der Waals surface area contributed by atoms with Gasteiger partial charge in [-0.25, -0.2) is 14.5 Å². The number of imide groups is 1. The van der Waals surface area contributed by atoms with Gasteiger partial charge >= 0.3 is 12.0 Å². The Labute approximate surface area is 198 Å². The zero-order chi connectivity index (χ0) is 24.8. The first-order chi connectivity index (χ1) is 16.2. The second-order valence-corrected chi connectivity index (χ2v) is 8.27. The quantitative estimate of drug-likeness (QED) is 0.445. The number of benzene rings is 2. The van der Waals surface area contributed by atoms with Crippen molar-refractivity contribution < 1.29 is 28.7 Å². The summed E-state index contributed by atoms with van der Waals surface area (Å²) >= 11 is 0. The van der Waals surface area contributed by atoms with Crippen LogP contribution in [0.3, 0.4) is 0 Å². The fourth-order valence-corrected chi connectivity index (χ4v) is 3.71. The van der Waals surface area contributed by atoms with Crippen molar-refractivity contribution in [2.45, 2.75) is 33.2 Å². The van der Waals surface area contributed by atoms with E-state index in [0.717, 1.165) is 4.90 Å². The van der Waals surface area contributed by atoms with Gasteiger partial charge in [-0.1, -0.05) is 19.9 Å². The molecule has 0 aliphatic carbocycles. The zero-order valence-electron chi connectivity index (χ0n) is 19.7. The van der Waals surface area contributed by atoms with E-state index in [-0.39, 0.29) is 18.9 Å². The van der Waals surface area contributed by atoms with E-state index in [1.807, 2.05) is 13.8 Å². The maximum atomic E-state index is 13.3. The molecule has 1 aliphatic heterocycles. The summed E-state index contributed by atoms with van der Waals surface area (Å²) in [6, 6.07) is 11.5. The Morgan fingerprint density at radius 2 is 1.79 bits per heavy atom. The number of carbonyl (C=O) groups excluding carboxylic acids is 4. The van der Waals surface area contributed by atoms with Crippen LogP contribution in [0.1, 0.15) is 37.6 Å². The van der Waals surface area contributed by atoms with Gasteiger partial charge in [0.15, 0.2) is 0 Å². The van der Waals surface area contributed by atoms with Crippen molar-refractivity contribution in [2.24, 2.45) is 5.92 Å². The third-order valence-electron chi connectivity index (χ3n) is 5.25. The monoisotopic (exact) mass is 467 g/mol. The van der Waals surface area contributed by atoms with Crippen LogP contribution in [0, 0.1) is 5.92 Å². The van der Waals surface area contributed by atoms with Crippen LogP contribution in [0.25, 0.3) is 0 Å². The third-order valence-corrected chi connectivity index (χ3v) is 5.25. The minimum absolute atomic E-state index is 0.1000. The molecule has 4 amide bonds. The van der Waals surface area contributed by atoms with E-state index >= 15 is 0 Å². The summed E-state index contributed by atoms with van der Waals surface area (Å²) in [6.07, 6.45) is -0.197. The second-order valence-electron chi connectivity index (χ2n) is 8.27. The van der Waals surface area contributed by atoms with E-state index in [1.54, 1.807) is 55.5 Å². The fourth-order valence-electron chi connectivity index (χ4n) is 3.71. The first-order valence-corrected chi connectivity index (χ1v) is 11.1. The predicted molar refractivity (Wildman–Crippen MR) is 127 cm³/mol. The molecule has 2 aromatic rings. The van der Waals surface area contributed by atoms with Crippen LogP contribution in [0.5, 0.6) is 5.75 Å². The van der Waals surface area contributed by atoms with Gasteiger partial charge in [0, 0.05) is 18.3 Å². The molecule has 34 heavy (non-hydrogen) atoms. The molecule has 3 rings (SSSR count). The average Bonchev–Trinajstić information content (AvgIpc) is 3.03. The number of anilines is 2. The smallest absolute Gasteiger partial charge is 0.338 e. The van der Waals surface area contributed by atoms with Crippen molar-refractivity contribution in [2.75, 3.05) is 30.5 Å². The topological polar surface area (TPSA) is 105 Å². The number of amides is 4. The highest BCUT2D eigenvalue weighted by Crippen LogP contribution is 2.30. The third kappa shape index (κ3) is 5.54. The lowest BCUT2D eigenvalue weighted by Crippen LogP contribution is -2.40. The highest BCUT2D eigenvalue weighted by Gasteiger charge is 2.46. The van der Waals surface area contributed by atoms with E-state index in [4.69, 9.17) is 9.47 Å². The van der Waals surface area contributed by atoms with Crippen molar-refractivity contribution in [3.8, 4) is 5.75 Å². The fraction of sp³-hybridized carbons (Fsp3) is 0.360. The van der Waals surface area contributed by atoms with Crippen molar-refractivity contribution in [3.63, 3.8) is 0 Å². The largest absolute Gasteiger partial charge is 0.497 e. The van der Waals surface area contributed by atoms with Crippen LogP contribution in [0.4, 0.5) is 16.2 Å². The molecule has 0 bridgehead atoms. The molecule has 1 N–H and O–H groups in total. The Hall–Kier alpha value is -3.88. The summed E-state index contributed by atoms with van der Waals surface area (Å²) in [7, 11) is 1.50. The number of nitrogens with one attached hydrogen (secondary N) is 1. The molecule has 9 nitrogen and oxygen atoms in total. The molecule has 0 aromatic heterocycles. The van der Waals surface area contributed by atoms with Gasteiger partial charge in [-0.3, -0.25) is 9.59 Å². The molecule has 0 saturated carbocycles. The lowest BCUT2D eigenvalue weighted by atomic mass is 10.1. The number of hydrogen-bond donors (Lipinski definition) is 1. The van der Waals surface area contributed by atoms with E-state index in [0.29, 0.717) is 29.2 Å². The standard InChI is InChI=1S/C25H29N3O6/c1-5-34-24(31)17-9-11-18(12-10-17)26-22(29)14-21-23(30)28(25(32)27(21)15-16(2)3)19-7-6-8-20(13-19)33-4/h6-13,16,21H,5,14-15H2,1-4H3,(H,26,29)/t21-/m1/s1. The molecule has 2 aromatic carbocycles. The molecule has 1 heterocycles. The SMILES string of the molecule is CCOC(=O)c1ccc(NC(=O)C[C@@H]2C(=O)N(c3cccc(OC)c3)C(=O)N2CC(C)C)cc1. The molecule has 1 atom stereocenters. The first-order valence-electron chi connectivity index (χ1n) is 11.1. The molecular weight excluding hydrogens is 438 g/mol. The Bertz CT molecular complexity index is 1070. The Morgan fingerprint density at radius 3 is 2.41 bits per heavy atom. The van der Waals surface area contributed by atoms with Gasteiger partial charge in [0.1, 0.15) is 11.8 Å². The number of ether oxygens (including phenoxy) is 2. The lowest BCUT2D eigenvalue weighted by molar-refractivity contribution is -0.124. The molecule has 1 aliphatic rings. The summed E-state index contributed by atoms with van der Waals surface area (Å²) in [5.74, 6) is -0.718. The van der Waals surface area contributed by atoms with Gasteiger partial charge < -0.3 is 19.7 Å². The molecule has 1 fully saturated rings. The molecule has 0 radical (unpaired) electrons. The van der Waals surface area contributed by atoms with Gasteiger partial charge in [0.25, 0.3) is 5.91 Å². The number of hydrogen-bond acceptors (Lipinski definition) is 6. The summed E-state index contributed by atoms with van der Waals surface area (Å²) in [6.45, 7) is 6.20. The minimum Gasteiger partial charge on any atom is -0.497 e. The highest BCUT2D eigenvalue weighted by molar-refractivity contribution is 6.22. The number of urea groups is 1. The summed E-state index contributed by atoms with van der Waals surface area (Å²) in [5.41, 5.74) is 1.23. The molecular formula is C25H29N3O6. The van der Waals surface area contributed by atoms with Gasteiger partial charge in [-0.15, -0.1) is 0 Å². The molecule has 180 valence electrons. The van der Waals surface area contributed by atoms with E-state index in [1.165, 1.54) is 12.0 Å². The predicted octanol–water partition coefficient (Wildman–Crippen LogP) is 3.69. The summed E-state index contributed by atoms with van der Waals surface area (Å²) in [5, 5.41) is 2.73. The van der Waals surface area contributed by atoms with Crippen molar-refractivity contribution in [1.29, 1.82) is 0 Å². The van der Waals surface area contributed by atoms with Crippen LogP contribution in [0.2, 0.25) is 0 Å². The van der Waals surface area contributed by atoms with Crippen LogP contribution in [0.15, 0.2) is 48.5 Å². The van der Waals surface area contributed by atoms with Gasteiger partial charge in [-0.05, 0) is 49.2 Å². The van der Waals surface area contributed by atoms with Gasteiger partial charge in [-0.2, -0.15) is 0 Å². The minimum atomic E-state index is -0.931. The van der Waals surface area contributed by atoms with Crippen LogP contribution >= 0.6 is 0 Å². The number of esters is 1. The van der Waals surface area contributed by atoms with Gasteiger partial charge in [0.05, 0.1) is 31.4 Å². The van der Waals surface area contributed by atoms with Crippen molar-refractivity contribution in [1.82, 2.24) is 4.90 Å². The molecule has 0 spiro atoms. The first kappa shape index (κ1) is 24.8. The molecule has 1 saturated heterocycles. The molecule has 0 unspecified atom stereocenters. The number of rotatable bonds is 9. The number of carbonyl (C=O) groups is 4. The average molecular weight is 468 g/mol. The highest BCUT2D eigenvalue weighted by atomic mass is 16.5. The van der Waals surface area contributed by atoms with Crippen LogP contribution in [-0.4, -0.2) is 55.0 Å². The Kier molecular flexibility index (Phi) is 7.88. The lowest BCUT2D eigenvalue weighted by Gasteiger charge is -2.23. The Balaban J connectivity index is 1.76. The second kappa shape index (κ2) is 10.8. The van der Waals surface area contributed by atoms with Crippen molar-refractivity contribution >= 4 is 35.2 Å². The van der Waals surface area contributed by atoms with E-state index in [2.05, 4.69) is 5.32 Å². The van der Waals surface area contributed by atoms with E-state index < -0.39 is 29.9 Å². The number of methoxy groups -OCH3 is 1. The summed E-state index contributed by atoms with van der Waals surface area (Å²) in [4.78, 5) is 53.5. The molecule has 9 heteroatoms. The van der Waals surface area contributed by atoms with Gasteiger partial charge in [0.2, 0.25) is 5.91 Å². The number of nitrogens with zero attached hydrogens (tertiary/aromatic N) is 2. The van der Waals surface area contributed by atoms with Crippen molar-refractivity contribution in [3.05, 3.63) is 54.1 Å². The van der Waals surface area contributed by atoms with E-state index in [9.17, 15) is 19.2 Å². The van der Waals surface area contributed by atoms with Crippen LogP contribution < -0.4 is 15.0 Å². The normalized spacial score (nSPS) is 15.6. The maximum Gasteiger partial charge on any atom is 0.338 e.